The van der Waals surface area contributed by atoms with E-state index in [1.54, 1.807) is 57.2 Å². The number of aromatic carboxylic acids is 1. The van der Waals surface area contributed by atoms with E-state index in [1.165, 1.54) is 6.07 Å². The zero-order valence-corrected chi connectivity index (χ0v) is 13.2. The molecule has 0 saturated carbocycles. The van der Waals surface area contributed by atoms with Gasteiger partial charge in [-0.1, -0.05) is 24.3 Å². The molecular formula is C17H18N2O4. The summed E-state index contributed by atoms with van der Waals surface area (Å²) in [4.78, 5) is 27.1. The quantitative estimate of drug-likeness (QED) is 0.899. The fraction of sp³-hybridized carbons (Fsp3) is 0.235. The van der Waals surface area contributed by atoms with Crippen LogP contribution in [-0.2, 0) is 4.74 Å². The summed E-state index contributed by atoms with van der Waals surface area (Å²) in [7, 11) is 0. The fourth-order valence-corrected chi connectivity index (χ4v) is 1.93. The van der Waals surface area contributed by atoms with E-state index in [9.17, 15) is 9.59 Å². The van der Waals surface area contributed by atoms with Crippen LogP contribution in [0.15, 0.2) is 42.5 Å². The second kappa shape index (κ2) is 6.48. The summed E-state index contributed by atoms with van der Waals surface area (Å²) in [6.45, 7) is 5.32. The second-order valence-corrected chi connectivity index (χ2v) is 5.89. The number of ether oxygens (including phenoxy) is 1. The van der Waals surface area contributed by atoms with Crippen LogP contribution in [0.25, 0.3) is 11.3 Å². The number of nitrogens with zero attached hydrogens (tertiary/aromatic N) is 1. The van der Waals surface area contributed by atoms with Gasteiger partial charge >= 0.3 is 12.1 Å². The van der Waals surface area contributed by atoms with Gasteiger partial charge in [0.1, 0.15) is 11.3 Å². The number of carboxylic acid groups (broad SMARTS) is 1. The molecule has 0 aliphatic carbocycles. The van der Waals surface area contributed by atoms with Crippen molar-refractivity contribution in [1.82, 2.24) is 4.98 Å². The van der Waals surface area contributed by atoms with Crippen LogP contribution in [0.2, 0.25) is 0 Å². The lowest BCUT2D eigenvalue weighted by Gasteiger charge is -2.20. The average molecular weight is 314 g/mol. The molecule has 2 rings (SSSR count). The monoisotopic (exact) mass is 314 g/mol. The topological polar surface area (TPSA) is 88.5 Å². The maximum Gasteiger partial charge on any atom is 0.412 e. The predicted octanol–water partition coefficient (Wildman–Crippen LogP) is 3.79. The summed E-state index contributed by atoms with van der Waals surface area (Å²) in [5.74, 6) is -1.11. The minimum atomic E-state index is -1.11. The first-order valence-corrected chi connectivity index (χ1v) is 7.06. The van der Waals surface area contributed by atoms with Crippen LogP contribution in [0, 0.1) is 0 Å². The molecular weight excluding hydrogens is 296 g/mol. The average Bonchev–Trinajstić information content (AvgIpc) is 2.46. The third kappa shape index (κ3) is 4.54. The van der Waals surface area contributed by atoms with Crippen LogP contribution < -0.4 is 5.32 Å². The number of anilines is 1. The van der Waals surface area contributed by atoms with Crippen molar-refractivity contribution in [3.8, 4) is 11.3 Å². The van der Waals surface area contributed by atoms with Gasteiger partial charge in [0.15, 0.2) is 0 Å². The SMILES string of the molecule is CC(C)(C)OC(=O)Nc1ccccc1-c1cccc(C(=O)O)n1. The van der Waals surface area contributed by atoms with Crippen molar-refractivity contribution in [1.29, 1.82) is 0 Å². The van der Waals surface area contributed by atoms with E-state index in [2.05, 4.69) is 10.3 Å². The smallest absolute Gasteiger partial charge is 0.412 e. The zero-order chi connectivity index (χ0) is 17.0. The maximum atomic E-state index is 11.9. The zero-order valence-electron chi connectivity index (χ0n) is 13.2. The van der Waals surface area contributed by atoms with Crippen molar-refractivity contribution in [3.05, 3.63) is 48.2 Å². The minimum Gasteiger partial charge on any atom is -0.477 e. The molecule has 120 valence electrons. The second-order valence-electron chi connectivity index (χ2n) is 5.89. The predicted molar refractivity (Wildman–Crippen MR) is 86.5 cm³/mol. The number of rotatable bonds is 3. The van der Waals surface area contributed by atoms with Gasteiger partial charge in [-0.05, 0) is 39.0 Å². The maximum absolute atomic E-state index is 11.9. The van der Waals surface area contributed by atoms with Gasteiger partial charge in [-0.25, -0.2) is 14.6 Å². The fourth-order valence-electron chi connectivity index (χ4n) is 1.93. The van der Waals surface area contributed by atoms with Crippen LogP contribution >= 0.6 is 0 Å². The number of aromatic nitrogens is 1. The summed E-state index contributed by atoms with van der Waals surface area (Å²) < 4.78 is 5.23. The molecule has 0 aliphatic heterocycles. The molecule has 23 heavy (non-hydrogen) atoms. The molecule has 1 amide bonds. The van der Waals surface area contributed by atoms with Crippen molar-refractivity contribution in [2.45, 2.75) is 26.4 Å². The lowest BCUT2D eigenvalue weighted by Crippen LogP contribution is -2.27. The molecule has 2 aromatic rings. The Morgan fingerprint density at radius 1 is 1.09 bits per heavy atom. The summed E-state index contributed by atoms with van der Waals surface area (Å²) in [6, 6.07) is 11.7. The molecule has 6 heteroatoms. The minimum absolute atomic E-state index is 0.0606. The lowest BCUT2D eigenvalue weighted by atomic mass is 10.1. The normalized spacial score (nSPS) is 10.9. The number of hydrogen-bond acceptors (Lipinski definition) is 4. The van der Waals surface area contributed by atoms with Gasteiger partial charge in [-0.15, -0.1) is 0 Å². The molecule has 0 aliphatic rings. The third-order valence-electron chi connectivity index (χ3n) is 2.81. The van der Waals surface area contributed by atoms with Crippen LogP contribution in [0.5, 0.6) is 0 Å². The Balaban J connectivity index is 2.33. The van der Waals surface area contributed by atoms with E-state index in [0.717, 1.165) is 0 Å². The van der Waals surface area contributed by atoms with Gasteiger partial charge < -0.3 is 9.84 Å². The Kier molecular flexibility index (Phi) is 4.64. The molecule has 0 radical (unpaired) electrons. The third-order valence-corrected chi connectivity index (χ3v) is 2.81. The van der Waals surface area contributed by atoms with Gasteiger partial charge in [-0.2, -0.15) is 0 Å². The number of carbonyl (C=O) groups excluding carboxylic acids is 1. The van der Waals surface area contributed by atoms with Gasteiger partial charge in [-0.3, -0.25) is 5.32 Å². The van der Waals surface area contributed by atoms with Crippen molar-refractivity contribution in [3.63, 3.8) is 0 Å². The molecule has 0 spiro atoms. The van der Waals surface area contributed by atoms with Gasteiger partial charge in [0.25, 0.3) is 0 Å². The van der Waals surface area contributed by atoms with Crippen LogP contribution in [0.3, 0.4) is 0 Å². The largest absolute Gasteiger partial charge is 0.477 e. The number of pyridine rings is 1. The Hall–Kier alpha value is -2.89. The van der Waals surface area contributed by atoms with E-state index in [1.807, 2.05) is 0 Å². The van der Waals surface area contributed by atoms with Crippen LogP contribution in [0.1, 0.15) is 31.3 Å². The summed E-state index contributed by atoms with van der Waals surface area (Å²) >= 11 is 0. The summed E-state index contributed by atoms with van der Waals surface area (Å²) in [5, 5.41) is 11.7. The standard InChI is InChI=1S/C17H18N2O4/c1-17(2,3)23-16(22)19-13-8-5-4-7-11(13)12-9-6-10-14(18-12)15(20)21/h4-10H,1-3H3,(H,19,22)(H,20,21). The number of amides is 1. The first-order chi connectivity index (χ1) is 10.8. The number of benzene rings is 1. The highest BCUT2D eigenvalue weighted by Gasteiger charge is 2.18. The van der Waals surface area contributed by atoms with Gasteiger partial charge in [0.2, 0.25) is 0 Å². The van der Waals surface area contributed by atoms with E-state index in [4.69, 9.17) is 9.84 Å². The molecule has 1 heterocycles. The summed E-state index contributed by atoms with van der Waals surface area (Å²) in [5.41, 5.74) is 0.893. The number of nitrogens with one attached hydrogen (secondary N) is 1. The molecule has 0 atom stereocenters. The molecule has 0 bridgehead atoms. The first-order valence-electron chi connectivity index (χ1n) is 7.06. The van der Waals surface area contributed by atoms with E-state index >= 15 is 0 Å². The molecule has 6 nitrogen and oxygen atoms in total. The number of para-hydroxylation sites is 1. The van der Waals surface area contributed by atoms with Crippen molar-refractivity contribution >= 4 is 17.7 Å². The summed E-state index contributed by atoms with van der Waals surface area (Å²) in [6.07, 6.45) is -0.584. The molecule has 0 fully saturated rings. The van der Waals surface area contributed by atoms with Crippen molar-refractivity contribution in [2.24, 2.45) is 0 Å². The number of hydrogen-bond donors (Lipinski definition) is 2. The van der Waals surface area contributed by atoms with Crippen molar-refractivity contribution < 1.29 is 19.4 Å². The first kappa shape index (κ1) is 16.5. The van der Waals surface area contributed by atoms with Crippen LogP contribution in [-0.4, -0.2) is 27.8 Å². The Bertz CT molecular complexity index is 735. The number of carboxylic acids is 1. The highest BCUT2D eigenvalue weighted by atomic mass is 16.6. The Morgan fingerprint density at radius 3 is 2.43 bits per heavy atom. The molecule has 1 aromatic carbocycles. The highest BCUT2D eigenvalue weighted by molar-refractivity contribution is 5.92. The van der Waals surface area contributed by atoms with Crippen LogP contribution in [0.4, 0.5) is 10.5 Å². The van der Waals surface area contributed by atoms with Gasteiger partial charge in [0.05, 0.1) is 11.4 Å². The van der Waals surface area contributed by atoms with E-state index in [0.29, 0.717) is 16.9 Å². The van der Waals surface area contributed by atoms with Crippen molar-refractivity contribution in [2.75, 3.05) is 5.32 Å². The Morgan fingerprint density at radius 2 is 1.78 bits per heavy atom. The number of carbonyl (C=O) groups is 2. The Labute approximate surface area is 134 Å². The highest BCUT2D eigenvalue weighted by Crippen LogP contribution is 2.27. The molecule has 0 saturated heterocycles. The van der Waals surface area contributed by atoms with E-state index < -0.39 is 17.7 Å². The molecule has 2 N–H and O–H groups in total. The van der Waals surface area contributed by atoms with Gasteiger partial charge in [0, 0.05) is 5.56 Å². The molecule has 1 aromatic heterocycles. The molecule has 0 unspecified atom stereocenters. The lowest BCUT2D eigenvalue weighted by molar-refractivity contribution is 0.0633. The van der Waals surface area contributed by atoms with E-state index in [-0.39, 0.29) is 5.69 Å².